The van der Waals surface area contributed by atoms with E-state index in [1.807, 2.05) is 6.08 Å². The Morgan fingerprint density at radius 1 is 0.263 bits per heavy atom. The molecule has 456 valence electrons. The van der Waals surface area contributed by atoms with Crippen LogP contribution >= 0.6 is 0 Å². The third kappa shape index (κ3) is 64.6. The zero-order valence-corrected chi connectivity index (χ0v) is 52.3. The second kappa shape index (κ2) is 67.3. The number of ether oxygens (including phenoxy) is 3. The number of hydrogen-bond donors (Lipinski definition) is 0. The number of carbonyl (C=O) groups is 3. The monoisotopic (exact) mass is 1110 g/mol. The lowest BCUT2D eigenvalue weighted by Gasteiger charge is -2.18. The molecule has 6 nitrogen and oxygen atoms in total. The number of rotatable bonds is 60. The average Bonchev–Trinajstić information content (AvgIpc) is 3.46. The van der Waals surface area contributed by atoms with Crippen LogP contribution in [-0.4, -0.2) is 37.2 Å². The van der Waals surface area contributed by atoms with Gasteiger partial charge >= 0.3 is 17.9 Å². The summed E-state index contributed by atoms with van der Waals surface area (Å²) in [5.41, 5.74) is 0. The van der Waals surface area contributed by atoms with Gasteiger partial charge in [-0.2, -0.15) is 0 Å². The Bertz CT molecular complexity index is 1650. The van der Waals surface area contributed by atoms with E-state index in [9.17, 15) is 14.4 Å². The van der Waals surface area contributed by atoms with Crippen molar-refractivity contribution < 1.29 is 28.6 Å². The fraction of sp³-hybridized carbons (Fsp3) is 0.689. The standard InChI is InChI=1S/C74H124O6/c1-4-7-10-13-16-19-22-25-27-29-30-31-32-33-34-35-36-37-38-39-40-41-42-43-44-45-47-49-52-55-58-61-64-67-73(76)79-70-71(69-78-72(75)66-63-60-57-54-51-48-24-21-18-15-12-9-6-3)80-74(77)68-65-62-59-56-53-50-46-28-26-23-20-17-14-11-8-5-2/h7,9-10,12,16,18-19,21,25,27,30-31,33-34,36-37,48,51,57,60,71H,4-6,8,11,13-15,17,20,22-24,26,28-29,32,35,38-47,49-50,52-56,58-59,61-70H2,1-3H3/b10-7-,12-9-,19-16-,21-18-,27-25-,31-30-,34-33-,37-36-,51-48-,60-57-. The number of unbranched alkanes of at least 4 members (excludes halogenated alkanes) is 29. The molecule has 0 amide bonds. The maximum atomic E-state index is 12.9. The Labute approximate surface area is 494 Å². The predicted octanol–water partition coefficient (Wildman–Crippen LogP) is 23.2. The minimum absolute atomic E-state index is 0.0985. The van der Waals surface area contributed by atoms with Gasteiger partial charge in [-0.15, -0.1) is 0 Å². The molecule has 0 aliphatic rings. The first kappa shape index (κ1) is 75.8. The van der Waals surface area contributed by atoms with E-state index in [2.05, 4.69) is 136 Å². The van der Waals surface area contributed by atoms with Crippen molar-refractivity contribution in [3.63, 3.8) is 0 Å². The highest BCUT2D eigenvalue weighted by Crippen LogP contribution is 2.17. The molecule has 0 radical (unpaired) electrons. The van der Waals surface area contributed by atoms with Gasteiger partial charge in [-0.1, -0.05) is 316 Å². The third-order valence-corrected chi connectivity index (χ3v) is 14.2. The van der Waals surface area contributed by atoms with Crippen LogP contribution in [0.25, 0.3) is 0 Å². The Hall–Kier alpha value is -4.19. The lowest BCUT2D eigenvalue weighted by atomic mass is 10.0. The molecular formula is C74H124O6. The molecule has 1 unspecified atom stereocenters. The van der Waals surface area contributed by atoms with Gasteiger partial charge in [-0.05, 0) is 96.3 Å². The van der Waals surface area contributed by atoms with Gasteiger partial charge < -0.3 is 14.2 Å². The van der Waals surface area contributed by atoms with Crippen molar-refractivity contribution in [2.45, 2.75) is 316 Å². The van der Waals surface area contributed by atoms with E-state index >= 15 is 0 Å². The van der Waals surface area contributed by atoms with Crippen LogP contribution in [0, 0.1) is 0 Å². The Kier molecular flexibility index (Phi) is 63.8. The second-order valence-corrected chi connectivity index (χ2v) is 22.0. The Morgan fingerprint density at radius 3 is 0.838 bits per heavy atom. The molecule has 0 N–H and O–H groups in total. The van der Waals surface area contributed by atoms with E-state index in [1.165, 1.54) is 161 Å². The molecule has 6 heteroatoms. The number of carbonyl (C=O) groups excluding carboxylic acids is 3. The second-order valence-electron chi connectivity index (χ2n) is 22.0. The molecule has 0 spiro atoms. The number of hydrogen-bond acceptors (Lipinski definition) is 6. The van der Waals surface area contributed by atoms with Crippen molar-refractivity contribution in [1.29, 1.82) is 0 Å². The summed E-state index contributed by atoms with van der Waals surface area (Å²) in [6.45, 7) is 6.37. The van der Waals surface area contributed by atoms with Gasteiger partial charge in [0.2, 0.25) is 0 Å². The summed E-state index contributed by atoms with van der Waals surface area (Å²) in [7, 11) is 0. The van der Waals surface area contributed by atoms with Crippen LogP contribution in [0.3, 0.4) is 0 Å². The first-order valence-corrected chi connectivity index (χ1v) is 33.5. The highest BCUT2D eigenvalue weighted by molar-refractivity contribution is 5.71. The topological polar surface area (TPSA) is 78.9 Å². The van der Waals surface area contributed by atoms with Crippen LogP contribution < -0.4 is 0 Å². The van der Waals surface area contributed by atoms with Gasteiger partial charge in [0.15, 0.2) is 6.10 Å². The molecule has 0 saturated heterocycles. The molecule has 0 aromatic heterocycles. The Morgan fingerprint density at radius 2 is 0.512 bits per heavy atom. The molecular weight excluding hydrogens is 985 g/mol. The van der Waals surface area contributed by atoms with Crippen molar-refractivity contribution in [3.8, 4) is 0 Å². The van der Waals surface area contributed by atoms with E-state index in [-0.39, 0.29) is 37.5 Å². The van der Waals surface area contributed by atoms with Gasteiger partial charge in [0.25, 0.3) is 0 Å². The summed E-state index contributed by atoms with van der Waals surface area (Å²) in [6.07, 6.45) is 93.8. The lowest BCUT2D eigenvalue weighted by Crippen LogP contribution is -2.30. The van der Waals surface area contributed by atoms with Crippen molar-refractivity contribution in [1.82, 2.24) is 0 Å². The van der Waals surface area contributed by atoms with Crippen LogP contribution in [0.4, 0.5) is 0 Å². The predicted molar refractivity (Wildman–Crippen MR) is 348 cm³/mol. The quantitative estimate of drug-likeness (QED) is 0.0261. The summed E-state index contributed by atoms with van der Waals surface area (Å²) in [5, 5.41) is 0. The van der Waals surface area contributed by atoms with Crippen molar-refractivity contribution >= 4 is 17.9 Å². The minimum atomic E-state index is -0.807. The molecule has 0 aromatic rings. The minimum Gasteiger partial charge on any atom is -0.462 e. The van der Waals surface area contributed by atoms with Crippen LogP contribution in [0.15, 0.2) is 122 Å². The van der Waals surface area contributed by atoms with Crippen molar-refractivity contribution in [2.24, 2.45) is 0 Å². The molecule has 0 bridgehead atoms. The SMILES string of the molecule is CC/C=C\C/C=C\C/C=C\C/C=C\C/C=C\C/C=C\CCCCCCCCCCCCCCCCC(=O)OCC(COC(=O)CC/C=C\C/C=C\C/C=C\C/C=C\CC)OC(=O)CCCCCCCCCCCCCCCCCC. The fourth-order valence-electron chi connectivity index (χ4n) is 9.29. The summed E-state index contributed by atoms with van der Waals surface area (Å²) in [5.74, 6) is -0.974. The maximum Gasteiger partial charge on any atom is 0.306 e. The van der Waals surface area contributed by atoms with Gasteiger partial charge in [0.05, 0.1) is 0 Å². The summed E-state index contributed by atoms with van der Waals surface area (Å²) in [4.78, 5) is 38.3. The van der Waals surface area contributed by atoms with Crippen LogP contribution in [0.2, 0.25) is 0 Å². The number of esters is 3. The zero-order chi connectivity index (χ0) is 57.8. The van der Waals surface area contributed by atoms with E-state index in [1.54, 1.807) is 0 Å². The molecule has 0 aliphatic carbocycles. The Balaban J connectivity index is 4.22. The highest BCUT2D eigenvalue weighted by atomic mass is 16.6. The summed E-state index contributed by atoms with van der Waals surface area (Å²) >= 11 is 0. The molecule has 0 rings (SSSR count). The third-order valence-electron chi connectivity index (χ3n) is 14.2. The van der Waals surface area contributed by atoms with Crippen LogP contribution in [0.1, 0.15) is 310 Å². The smallest absolute Gasteiger partial charge is 0.306 e. The zero-order valence-electron chi connectivity index (χ0n) is 52.3. The summed E-state index contributed by atoms with van der Waals surface area (Å²) in [6, 6.07) is 0. The number of allylic oxidation sites excluding steroid dienone is 20. The largest absolute Gasteiger partial charge is 0.462 e. The molecule has 0 aliphatic heterocycles. The average molecular weight is 1110 g/mol. The van der Waals surface area contributed by atoms with E-state index in [0.717, 1.165) is 103 Å². The van der Waals surface area contributed by atoms with E-state index < -0.39 is 6.10 Å². The van der Waals surface area contributed by atoms with Gasteiger partial charge in [-0.3, -0.25) is 14.4 Å². The van der Waals surface area contributed by atoms with E-state index in [4.69, 9.17) is 14.2 Å². The first-order valence-electron chi connectivity index (χ1n) is 33.5. The van der Waals surface area contributed by atoms with Gasteiger partial charge in [-0.25, -0.2) is 0 Å². The van der Waals surface area contributed by atoms with E-state index in [0.29, 0.717) is 19.3 Å². The fourth-order valence-corrected chi connectivity index (χ4v) is 9.29. The van der Waals surface area contributed by atoms with Gasteiger partial charge in [0, 0.05) is 19.3 Å². The molecule has 80 heavy (non-hydrogen) atoms. The van der Waals surface area contributed by atoms with Crippen molar-refractivity contribution in [2.75, 3.05) is 13.2 Å². The van der Waals surface area contributed by atoms with Crippen LogP contribution in [0.5, 0.6) is 0 Å². The normalized spacial score (nSPS) is 12.9. The first-order chi connectivity index (χ1) is 39.5. The lowest BCUT2D eigenvalue weighted by molar-refractivity contribution is -0.166. The highest BCUT2D eigenvalue weighted by Gasteiger charge is 2.19. The molecule has 0 heterocycles. The molecule has 1 atom stereocenters. The molecule has 0 fully saturated rings. The molecule has 0 saturated carbocycles. The molecule has 0 aromatic carbocycles. The maximum absolute atomic E-state index is 12.9. The van der Waals surface area contributed by atoms with Crippen molar-refractivity contribution in [3.05, 3.63) is 122 Å². The van der Waals surface area contributed by atoms with Gasteiger partial charge in [0.1, 0.15) is 13.2 Å². The summed E-state index contributed by atoms with van der Waals surface area (Å²) < 4.78 is 16.9. The van der Waals surface area contributed by atoms with Crippen LogP contribution in [-0.2, 0) is 28.6 Å².